The number of nitrogens with two attached hydrogens (primary N) is 1. The Hall–Kier alpha value is -1.25. The Morgan fingerprint density at radius 1 is 1.56 bits per heavy atom. The molecule has 9 heavy (non-hydrogen) atoms. The van der Waals surface area contributed by atoms with Crippen molar-refractivity contribution in [3.05, 3.63) is 36.5 Å². The van der Waals surface area contributed by atoms with E-state index in [-0.39, 0.29) is 5.70 Å². The molecular weight excluding hydrogens is 121 g/mol. The molecule has 2 nitrogen and oxygen atoms in total. The van der Waals surface area contributed by atoms with Crippen LogP contribution in [0.2, 0.25) is 0 Å². The van der Waals surface area contributed by atoms with E-state index >= 15 is 0 Å². The van der Waals surface area contributed by atoms with Crippen molar-refractivity contribution in [2.24, 2.45) is 5.73 Å². The van der Waals surface area contributed by atoms with Crippen LogP contribution in [-0.2, 0) is 0 Å². The molecule has 0 aliphatic heterocycles. The number of halogens is 1. The summed E-state index contributed by atoms with van der Waals surface area (Å²) >= 11 is 0. The lowest BCUT2D eigenvalue weighted by Crippen LogP contribution is -1.91. The average molecular weight is 129 g/mol. The number of hydrogen-bond acceptors (Lipinski definition) is 2. The van der Waals surface area contributed by atoms with Crippen molar-refractivity contribution in [1.29, 1.82) is 0 Å². The zero-order chi connectivity index (χ0) is 7.44. The zero-order valence-corrected chi connectivity index (χ0v) is 4.89. The zero-order valence-electron chi connectivity index (χ0n) is 4.89. The summed E-state index contributed by atoms with van der Waals surface area (Å²) in [7, 11) is 0. The van der Waals surface area contributed by atoms with E-state index in [1.807, 2.05) is 0 Å². The Labute approximate surface area is 52.8 Å². The fourth-order valence-electron chi connectivity index (χ4n) is 0.246. The van der Waals surface area contributed by atoms with Crippen molar-refractivity contribution in [1.82, 2.24) is 0 Å². The van der Waals surface area contributed by atoms with E-state index in [1.165, 1.54) is 0 Å². The summed E-state index contributed by atoms with van der Waals surface area (Å²) in [4.78, 5) is 0. The number of hydrogen-bond donors (Lipinski definition) is 2. The van der Waals surface area contributed by atoms with Crippen LogP contribution in [0.25, 0.3) is 0 Å². The number of aliphatic hydroxyl groups excluding tert-OH is 1. The Bertz CT molecular complexity index is 172. The van der Waals surface area contributed by atoms with Gasteiger partial charge in [0.2, 0.25) is 0 Å². The first-order valence-electron chi connectivity index (χ1n) is 2.24. The number of allylic oxidation sites excluding steroid dienone is 2. The maximum atomic E-state index is 12.1. The molecule has 0 saturated carbocycles. The summed E-state index contributed by atoms with van der Waals surface area (Å²) in [5, 5.41) is 8.34. The molecule has 0 aliphatic carbocycles. The molecule has 0 fully saturated rings. The monoisotopic (exact) mass is 129 g/mol. The van der Waals surface area contributed by atoms with Crippen LogP contribution in [-0.4, -0.2) is 5.11 Å². The van der Waals surface area contributed by atoms with Gasteiger partial charge in [-0.2, -0.15) is 0 Å². The molecule has 0 radical (unpaired) electrons. The van der Waals surface area contributed by atoms with E-state index < -0.39 is 11.6 Å². The van der Waals surface area contributed by atoms with Gasteiger partial charge in [-0.3, -0.25) is 0 Å². The average Bonchev–Trinajstić information content (AvgIpc) is 1.63. The molecule has 3 heteroatoms. The van der Waals surface area contributed by atoms with E-state index in [9.17, 15) is 4.39 Å². The first-order valence-corrected chi connectivity index (χ1v) is 2.24. The Morgan fingerprint density at radius 2 is 2.00 bits per heavy atom. The molecule has 0 aromatic rings. The van der Waals surface area contributed by atoms with Crippen molar-refractivity contribution >= 4 is 0 Å². The quantitative estimate of drug-likeness (QED) is 0.437. The van der Waals surface area contributed by atoms with Crippen molar-refractivity contribution in [2.45, 2.75) is 0 Å². The molecule has 0 aliphatic rings. The van der Waals surface area contributed by atoms with Crippen LogP contribution in [0.3, 0.4) is 0 Å². The normalized spacial score (nSPS) is 11.0. The van der Waals surface area contributed by atoms with Gasteiger partial charge in [0.15, 0.2) is 5.83 Å². The summed E-state index contributed by atoms with van der Waals surface area (Å²) in [6, 6.07) is 0. The smallest absolute Gasteiger partial charge is 0.166 e. The lowest BCUT2D eigenvalue weighted by Gasteiger charge is -1.91. The van der Waals surface area contributed by atoms with Gasteiger partial charge in [-0.15, -0.1) is 0 Å². The number of rotatable bonds is 2. The van der Waals surface area contributed by atoms with E-state index in [1.54, 1.807) is 0 Å². The predicted molar refractivity (Wildman–Crippen MR) is 34.3 cm³/mol. The van der Waals surface area contributed by atoms with Crippen LogP contribution in [0.15, 0.2) is 36.5 Å². The summed E-state index contributed by atoms with van der Waals surface area (Å²) in [5.74, 6) is -1.50. The standard InChI is InChI=1S/C6H8FNO/c1-4(8)3-6(7)5(2)9/h3,9H,1-2,8H2/b6-3+. The Balaban J connectivity index is 4.17. The second-order valence-electron chi connectivity index (χ2n) is 1.51. The Morgan fingerprint density at radius 3 is 2.11 bits per heavy atom. The van der Waals surface area contributed by atoms with Crippen LogP contribution in [0.4, 0.5) is 4.39 Å². The van der Waals surface area contributed by atoms with Crippen LogP contribution < -0.4 is 5.73 Å². The largest absolute Gasteiger partial charge is 0.506 e. The SMILES string of the molecule is C=C(N)/C=C(/F)C(=C)O. The topological polar surface area (TPSA) is 46.2 Å². The molecule has 0 aromatic carbocycles. The second kappa shape index (κ2) is 2.91. The van der Waals surface area contributed by atoms with Crippen LogP contribution in [0.5, 0.6) is 0 Å². The fourth-order valence-corrected chi connectivity index (χ4v) is 0.246. The summed E-state index contributed by atoms with van der Waals surface area (Å²) in [6.07, 6.45) is 0.891. The van der Waals surface area contributed by atoms with E-state index in [4.69, 9.17) is 10.8 Å². The van der Waals surface area contributed by atoms with Gasteiger partial charge < -0.3 is 10.8 Å². The minimum Gasteiger partial charge on any atom is -0.506 e. The van der Waals surface area contributed by atoms with Gasteiger partial charge in [-0.25, -0.2) is 4.39 Å². The van der Waals surface area contributed by atoms with Gasteiger partial charge in [-0.1, -0.05) is 13.2 Å². The van der Waals surface area contributed by atoms with Gasteiger partial charge in [0.25, 0.3) is 0 Å². The van der Waals surface area contributed by atoms with Crippen LogP contribution in [0.1, 0.15) is 0 Å². The maximum absolute atomic E-state index is 12.1. The lowest BCUT2D eigenvalue weighted by atomic mass is 10.4. The van der Waals surface area contributed by atoms with Crippen LogP contribution >= 0.6 is 0 Å². The molecule has 3 N–H and O–H groups in total. The molecule has 0 heterocycles. The molecule has 0 atom stereocenters. The van der Waals surface area contributed by atoms with E-state index in [0.29, 0.717) is 0 Å². The first-order chi connectivity index (χ1) is 4.04. The highest BCUT2D eigenvalue weighted by Gasteiger charge is 1.95. The van der Waals surface area contributed by atoms with E-state index in [0.717, 1.165) is 6.08 Å². The van der Waals surface area contributed by atoms with E-state index in [2.05, 4.69) is 13.2 Å². The summed E-state index contributed by atoms with van der Waals surface area (Å²) in [5.41, 5.74) is 5.01. The highest BCUT2D eigenvalue weighted by atomic mass is 19.1. The van der Waals surface area contributed by atoms with Crippen molar-refractivity contribution in [2.75, 3.05) is 0 Å². The first kappa shape index (κ1) is 7.75. The highest BCUT2D eigenvalue weighted by molar-refractivity contribution is 5.23. The third kappa shape index (κ3) is 3.34. The molecule has 0 spiro atoms. The van der Waals surface area contributed by atoms with Gasteiger partial charge in [0, 0.05) is 5.70 Å². The van der Waals surface area contributed by atoms with Gasteiger partial charge in [-0.05, 0) is 6.08 Å². The van der Waals surface area contributed by atoms with Crippen molar-refractivity contribution in [3.63, 3.8) is 0 Å². The second-order valence-corrected chi connectivity index (χ2v) is 1.51. The maximum Gasteiger partial charge on any atom is 0.166 e. The third-order valence-corrected chi connectivity index (χ3v) is 0.588. The molecule has 0 saturated heterocycles. The molecule has 0 unspecified atom stereocenters. The van der Waals surface area contributed by atoms with Crippen molar-refractivity contribution < 1.29 is 9.50 Å². The molecular formula is C6H8FNO. The Kier molecular flexibility index (Phi) is 2.51. The molecule has 50 valence electrons. The molecule has 0 rings (SSSR count). The minimum atomic E-state index is -0.859. The molecule has 0 amide bonds. The van der Waals surface area contributed by atoms with Gasteiger partial charge in [0.1, 0.15) is 5.76 Å². The minimum absolute atomic E-state index is 0.0442. The highest BCUT2D eigenvalue weighted by Crippen LogP contribution is 2.05. The summed E-state index contributed by atoms with van der Waals surface area (Å²) in [6.45, 7) is 6.11. The molecule has 0 bridgehead atoms. The lowest BCUT2D eigenvalue weighted by molar-refractivity contribution is 0.392. The van der Waals surface area contributed by atoms with Crippen molar-refractivity contribution in [3.8, 4) is 0 Å². The fraction of sp³-hybridized carbons (Fsp3) is 0. The third-order valence-electron chi connectivity index (χ3n) is 0.588. The van der Waals surface area contributed by atoms with Crippen LogP contribution in [0, 0.1) is 0 Å². The van der Waals surface area contributed by atoms with Gasteiger partial charge >= 0.3 is 0 Å². The van der Waals surface area contributed by atoms with Gasteiger partial charge in [0.05, 0.1) is 0 Å². The summed E-state index contributed by atoms with van der Waals surface area (Å²) < 4.78 is 12.1. The predicted octanol–water partition coefficient (Wildman–Crippen LogP) is 1.38. The molecule has 0 aromatic heterocycles. The number of aliphatic hydroxyl groups is 1.